The van der Waals surface area contributed by atoms with E-state index in [1.165, 1.54) is 0 Å². The number of carbonyl (C=O) groups is 2. The summed E-state index contributed by atoms with van der Waals surface area (Å²) >= 11 is 3.40. The van der Waals surface area contributed by atoms with E-state index in [2.05, 4.69) is 15.9 Å². The van der Waals surface area contributed by atoms with Crippen LogP contribution in [-0.2, 0) is 4.79 Å². The van der Waals surface area contributed by atoms with Gasteiger partial charge in [-0.15, -0.1) is 0 Å². The highest BCUT2D eigenvalue weighted by Gasteiger charge is 2.27. The second-order valence-electron chi connectivity index (χ2n) is 6.58. The van der Waals surface area contributed by atoms with Crippen molar-refractivity contribution in [3.8, 4) is 5.75 Å². The fourth-order valence-corrected chi connectivity index (χ4v) is 3.46. The molecule has 0 spiro atoms. The van der Waals surface area contributed by atoms with Crippen LogP contribution in [0.5, 0.6) is 5.75 Å². The van der Waals surface area contributed by atoms with Crippen LogP contribution in [0, 0.1) is 5.92 Å². The van der Waals surface area contributed by atoms with Crippen LogP contribution in [-0.4, -0.2) is 36.8 Å². The molecular formula is C22H22BrNO3. The van der Waals surface area contributed by atoms with E-state index < -0.39 is 0 Å². The number of halogens is 1. The van der Waals surface area contributed by atoms with Crippen LogP contribution in [0.1, 0.15) is 28.8 Å². The molecule has 3 rings (SSSR count). The third-order valence-corrected chi connectivity index (χ3v) is 5.37. The Hall–Kier alpha value is -2.40. The average molecular weight is 428 g/mol. The maximum Gasteiger partial charge on any atom is 0.246 e. The van der Waals surface area contributed by atoms with Gasteiger partial charge in [0, 0.05) is 35.1 Å². The predicted octanol–water partition coefficient (Wildman–Crippen LogP) is 4.59. The SMILES string of the molecule is COc1ccc(C(=O)C2CCN(C(=O)/C=C/c3ccc(Br)cc3)CC2)cc1. The molecule has 0 radical (unpaired) electrons. The van der Waals surface area contributed by atoms with Gasteiger partial charge in [-0.25, -0.2) is 0 Å². The lowest BCUT2D eigenvalue weighted by Gasteiger charge is -2.30. The first-order valence-electron chi connectivity index (χ1n) is 8.97. The highest BCUT2D eigenvalue weighted by molar-refractivity contribution is 9.10. The number of benzene rings is 2. The number of hydrogen-bond acceptors (Lipinski definition) is 3. The molecule has 0 saturated carbocycles. The summed E-state index contributed by atoms with van der Waals surface area (Å²) in [5.41, 5.74) is 1.69. The van der Waals surface area contributed by atoms with Crippen LogP contribution in [0.15, 0.2) is 59.1 Å². The second-order valence-corrected chi connectivity index (χ2v) is 7.49. The Morgan fingerprint density at radius 2 is 1.67 bits per heavy atom. The largest absolute Gasteiger partial charge is 0.497 e. The van der Waals surface area contributed by atoms with Gasteiger partial charge in [0.15, 0.2) is 5.78 Å². The van der Waals surface area contributed by atoms with Crippen molar-refractivity contribution in [1.29, 1.82) is 0 Å². The maximum atomic E-state index is 12.7. The molecule has 2 aromatic carbocycles. The zero-order valence-corrected chi connectivity index (χ0v) is 16.8. The molecule has 5 heteroatoms. The molecule has 0 aliphatic carbocycles. The van der Waals surface area contributed by atoms with Crippen LogP contribution in [0.25, 0.3) is 6.08 Å². The number of nitrogens with zero attached hydrogens (tertiary/aromatic N) is 1. The number of ether oxygens (including phenoxy) is 1. The summed E-state index contributed by atoms with van der Waals surface area (Å²) in [5.74, 6) is 0.853. The molecule has 1 aliphatic rings. The Morgan fingerprint density at radius 3 is 2.26 bits per heavy atom. The van der Waals surface area contributed by atoms with E-state index in [0.29, 0.717) is 31.5 Å². The molecule has 27 heavy (non-hydrogen) atoms. The van der Waals surface area contributed by atoms with Crippen LogP contribution in [0.2, 0.25) is 0 Å². The Bertz CT molecular complexity index is 820. The van der Waals surface area contributed by atoms with Crippen molar-refractivity contribution in [2.24, 2.45) is 5.92 Å². The van der Waals surface area contributed by atoms with Gasteiger partial charge in [0.25, 0.3) is 0 Å². The third kappa shape index (κ3) is 5.07. The van der Waals surface area contributed by atoms with Gasteiger partial charge in [-0.3, -0.25) is 9.59 Å². The van der Waals surface area contributed by atoms with E-state index in [4.69, 9.17) is 4.74 Å². The monoisotopic (exact) mass is 427 g/mol. The normalized spacial score (nSPS) is 15.1. The van der Waals surface area contributed by atoms with Crippen molar-refractivity contribution < 1.29 is 14.3 Å². The van der Waals surface area contributed by atoms with Gasteiger partial charge in [-0.1, -0.05) is 28.1 Å². The number of hydrogen-bond donors (Lipinski definition) is 0. The number of likely N-dealkylation sites (tertiary alicyclic amines) is 1. The molecule has 0 aromatic heterocycles. The number of piperidine rings is 1. The first-order chi connectivity index (χ1) is 13.1. The Kier molecular flexibility index (Phi) is 6.45. The van der Waals surface area contributed by atoms with Gasteiger partial charge in [0.1, 0.15) is 5.75 Å². The van der Waals surface area contributed by atoms with Gasteiger partial charge in [0.2, 0.25) is 5.91 Å². The lowest BCUT2D eigenvalue weighted by Crippen LogP contribution is -2.39. The minimum atomic E-state index is -0.0297. The van der Waals surface area contributed by atoms with Crippen molar-refractivity contribution in [2.45, 2.75) is 12.8 Å². The predicted molar refractivity (Wildman–Crippen MR) is 110 cm³/mol. The molecule has 2 aromatic rings. The lowest BCUT2D eigenvalue weighted by molar-refractivity contribution is -0.127. The minimum Gasteiger partial charge on any atom is -0.497 e. The first-order valence-corrected chi connectivity index (χ1v) is 9.77. The quantitative estimate of drug-likeness (QED) is 0.517. The highest BCUT2D eigenvalue weighted by Crippen LogP contribution is 2.23. The van der Waals surface area contributed by atoms with Crippen molar-refractivity contribution in [3.05, 3.63) is 70.2 Å². The highest BCUT2D eigenvalue weighted by atomic mass is 79.9. The molecule has 0 atom stereocenters. The summed E-state index contributed by atoms with van der Waals surface area (Å²) in [7, 11) is 1.61. The van der Waals surface area contributed by atoms with Gasteiger partial charge >= 0.3 is 0 Å². The number of carbonyl (C=O) groups excluding carboxylic acids is 2. The molecule has 4 nitrogen and oxygen atoms in total. The van der Waals surface area contributed by atoms with Crippen molar-refractivity contribution in [2.75, 3.05) is 20.2 Å². The molecule has 1 heterocycles. The first kappa shape index (κ1) is 19.4. The van der Waals surface area contributed by atoms with Crippen molar-refractivity contribution in [1.82, 2.24) is 4.90 Å². The molecule has 1 saturated heterocycles. The van der Waals surface area contributed by atoms with Gasteiger partial charge in [-0.2, -0.15) is 0 Å². The summed E-state index contributed by atoms with van der Waals surface area (Å²) in [6.45, 7) is 1.21. The van der Waals surface area contributed by atoms with E-state index >= 15 is 0 Å². The molecule has 1 fully saturated rings. The average Bonchev–Trinajstić information content (AvgIpc) is 2.73. The number of amides is 1. The maximum absolute atomic E-state index is 12.7. The van der Waals surface area contributed by atoms with Crippen molar-refractivity contribution in [3.63, 3.8) is 0 Å². The number of ketones is 1. The molecule has 0 N–H and O–H groups in total. The number of Topliss-reactive ketones (excluding diaryl/α,β-unsaturated/α-hetero) is 1. The fraction of sp³-hybridized carbons (Fsp3) is 0.273. The van der Waals surface area contributed by atoms with Crippen LogP contribution < -0.4 is 4.74 Å². The number of rotatable bonds is 5. The third-order valence-electron chi connectivity index (χ3n) is 4.84. The van der Waals surface area contributed by atoms with Gasteiger partial charge in [-0.05, 0) is 60.9 Å². The zero-order chi connectivity index (χ0) is 19.2. The van der Waals surface area contributed by atoms with E-state index in [1.807, 2.05) is 35.2 Å². The smallest absolute Gasteiger partial charge is 0.246 e. The van der Waals surface area contributed by atoms with Crippen LogP contribution in [0.3, 0.4) is 0 Å². The molecule has 140 valence electrons. The van der Waals surface area contributed by atoms with Gasteiger partial charge < -0.3 is 9.64 Å². The Morgan fingerprint density at radius 1 is 1.04 bits per heavy atom. The van der Waals surface area contributed by atoms with E-state index in [-0.39, 0.29) is 17.6 Å². The summed E-state index contributed by atoms with van der Waals surface area (Å²) in [6.07, 6.45) is 4.82. The number of methoxy groups -OCH3 is 1. The Balaban J connectivity index is 1.53. The standard InChI is InChI=1S/C22H22BrNO3/c1-27-20-9-5-17(6-10-20)22(26)18-12-14-24(15-13-18)21(25)11-4-16-2-7-19(23)8-3-16/h2-11,18H,12-15H2,1H3/b11-4+. The molecular weight excluding hydrogens is 406 g/mol. The fourth-order valence-electron chi connectivity index (χ4n) is 3.20. The molecule has 0 unspecified atom stereocenters. The summed E-state index contributed by atoms with van der Waals surface area (Å²) in [4.78, 5) is 26.9. The second kappa shape index (κ2) is 9.00. The summed E-state index contributed by atoms with van der Waals surface area (Å²) in [6, 6.07) is 15.0. The van der Waals surface area contributed by atoms with Crippen molar-refractivity contribution >= 4 is 33.7 Å². The minimum absolute atomic E-state index is 0.00624. The van der Waals surface area contributed by atoms with E-state index in [0.717, 1.165) is 15.8 Å². The van der Waals surface area contributed by atoms with Crippen LogP contribution >= 0.6 is 15.9 Å². The lowest BCUT2D eigenvalue weighted by atomic mass is 9.89. The topological polar surface area (TPSA) is 46.6 Å². The van der Waals surface area contributed by atoms with E-state index in [1.54, 1.807) is 37.5 Å². The van der Waals surface area contributed by atoms with Crippen LogP contribution in [0.4, 0.5) is 0 Å². The molecule has 1 aliphatic heterocycles. The van der Waals surface area contributed by atoms with E-state index in [9.17, 15) is 9.59 Å². The summed E-state index contributed by atoms with van der Waals surface area (Å²) in [5, 5.41) is 0. The molecule has 1 amide bonds. The summed E-state index contributed by atoms with van der Waals surface area (Å²) < 4.78 is 6.14. The Labute approximate surface area is 168 Å². The zero-order valence-electron chi connectivity index (χ0n) is 15.2. The van der Waals surface area contributed by atoms with Gasteiger partial charge in [0.05, 0.1) is 7.11 Å². The molecule has 0 bridgehead atoms.